The summed E-state index contributed by atoms with van der Waals surface area (Å²) in [5, 5.41) is 0.379. The van der Waals surface area contributed by atoms with E-state index in [1.54, 1.807) is 14.2 Å². The second-order valence-corrected chi connectivity index (χ2v) is 8.49. The summed E-state index contributed by atoms with van der Waals surface area (Å²) in [5.41, 5.74) is 4.99. The Bertz CT molecular complexity index is 978. The smallest absolute Gasteiger partial charge is 0.121 e. The van der Waals surface area contributed by atoms with Gasteiger partial charge in [0, 0.05) is 35.6 Å². The van der Waals surface area contributed by atoms with Crippen molar-refractivity contribution in [1.82, 2.24) is 4.98 Å². The molecule has 0 saturated carbocycles. The summed E-state index contributed by atoms with van der Waals surface area (Å²) >= 11 is 1.92. The average Bonchev–Trinajstić information content (AvgIpc) is 2.93. The number of aromatic nitrogens is 1. The second-order valence-electron chi connectivity index (χ2n) is 7.24. The third-order valence-corrected chi connectivity index (χ3v) is 6.70. The molecule has 0 unspecified atom stereocenters. The number of methoxy groups -OCH3 is 2. The van der Waals surface area contributed by atoms with Crippen LogP contribution < -0.4 is 14.4 Å². The Hall–Kier alpha value is -2.66. The van der Waals surface area contributed by atoms with Crippen molar-refractivity contribution in [2.24, 2.45) is 0 Å². The first-order chi connectivity index (χ1) is 14.2. The van der Waals surface area contributed by atoms with Crippen molar-refractivity contribution in [3.63, 3.8) is 0 Å². The molecule has 0 N–H and O–H groups in total. The van der Waals surface area contributed by atoms with Gasteiger partial charge in [0.05, 0.1) is 19.9 Å². The molecule has 0 amide bonds. The average molecular weight is 407 g/mol. The molecule has 1 atom stereocenters. The van der Waals surface area contributed by atoms with Crippen LogP contribution in [0, 0.1) is 6.92 Å². The summed E-state index contributed by atoms with van der Waals surface area (Å²) in [5.74, 6) is 1.83. The molecule has 150 valence electrons. The number of pyridine rings is 1. The lowest BCUT2D eigenvalue weighted by Gasteiger charge is -2.25. The lowest BCUT2D eigenvalue weighted by Crippen LogP contribution is -2.24. The molecule has 1 aromatic heterocycles. The number of fused-ring (bicyclic) bond motifs is 1. The molecule has 29 heavy (non-hydrogen) atoms. The van der Waals surface area contributed by atoms with Crippen molar-refractivity contribution < 1.29 is 9.47 Å². The standard InChI is InChI=1S/C24H26N2O2S/c1-17-13-19(6-9-22(17)28-3)23-10-12-26(16-18-5-4-11-25-15-18)21-8-7-20(27-2)14-24(21)29-23/h4-9,11,13-15,23H,10,12,16H2,1-3H3/t23-/m1/s1. The quantitative estimate of drug-likeness (QED) is 0.547. The Labute approximate surface area is 176 Å². The monoisotopic (exact) mass is 406 g/mol. The van der Waals surface area contributed by atoms with Crippen molar-refractivity contribution in [3.05, 3.63) is 77.6 Å². The summed E-state index contributed by atoms with van der Waals surface area (Å²) in [6.45, 7) is 3.94. The number of anilines is 1. The summed E-state index contributed by atoms with van der Waals surface area (Å²) in [6, 6.07) is 17.1. The van der Waals surface area contributed by atoms with E-state index in [1.165, 1.54) is 27.3 Å². The maximum atomic E-state index is 5.51. The zero-order chi connectivity index (χ0) is 20.2. The summed E-state index contributed by atoms with van der Waals surface area (Å²) in [4.78, 5) is 7.99. The third-order valence-electron chi connectivity index (χ3n) is 5.33. The molecule has 0 spiro atoms. The number of nitrogens with zero attached hydrogens (tertiary/aromatic N) is 2. The second kappa shape index (κ2) is 8.78. The molecule has 5 heteroatoms. The molecule has 0 saturated heterocycles. The number of ether oxygens (including phenoxy) is 2. The number of rotatable bonds is 5. The van der Waals surface area contributed by atoms with Crippen molar-refractivity contribution >= 4 is 17.4 Å². The minimum atomic E-state index is 0.379. The van der Waals surface area contributed by atoms with E-state index in [4.69, 9.17) is 9.47 Å². The maximum absolute atomic E-state index is 5.51. The van der Waals surface area contributed by atoms with Crippen LogP contribution in [0.25, 0.3) is 0 Å². The van der Waals surface area contributed by atoms with Crippen LogP contribution in [0.3, 0.4) is 0 Å². The summed E-state index contributed by atoms with van der Waals surface area (Å²) < 4.78 is 11.0. The fourth-order valence-corrected chi connectivity index (χ4v) is 5.11. The first-order valence-corrected chi connectivity index (χ1v) is 10.7. The number of hydrogen-bond donors (Lipinski definition) is 0. The molecule has 3 aromatic rings. The van der Waals surface area contributed by atoms with Gasteiger partial charge in [-0.05, 0) is 60.4 Å². The van der Waals surface area contributed by atoms with Gasteiger partial charge in [-0.25, -0.2) is 0 Å². The first kappa shape index (κ1) is 19.6. The first-order valence-electron chi connectivity index (χ1n) is 9.81. The molecule has 4 nitrogen and oxygen atoms in total. The van der Waals surface area contributed by atoms with Gasteiger partial charge in [-0.15, -0.1) is 11.8 Å². The largest absolute Gasteiger partial charge is 0.497 e. The Morgan fingerprint density at radius 2 is 2.00 bits per heavy atom. The third kappa shape index (κ3) is 4.35. The SMILES string of the molecule is COc1ccc2c(c1)S[C@@H](c1ccc(OC)c(C)c1)CCN2Cc1cccnc1. The van der Waals surface area contributed by atoms with Crippen molar-refractivity contribution in [2.45, 2.75) is 30.0 Å². The van der Waals surface area contributed by atoms with E-state index in [1.807, 2.05) is 36.3 Å². The molecule has 2 aromatic carbocycles. The van der Waals surface area contributed by atoms with Crippen LogP contribution in [0.1, 0.15) is 28.4 Å². The van der Waals surface area contributed by atoms with Crippen LogP contribution in [0.4, 0.5) is 5.69 Å². The molecule has 2 heterocycles. The highest BCUT2D eigenvalue weighted by Gasteiger charge is 2.24. The van der Waals surface area contributed by atoms with Gasteiger partial charge in [-0.3, -0.25) is 4.98 Å². The molecular weight excluding hydrogens is 380 g/mol. The van der Waals surface area contributed by atoms with E-state index in [0.29, 0.717) is 5.25 Å². The summed E-state index contributed by atoms with van der Waals surface area (Å²) in [6.07, 6.45) is 4.84. The van der Waals surface area contributed by atoms with Crippen molar-refractivity contribution in [3.8, 4) is 11.5 Å². The fraction of sp³-hybridized carbons (Fsp3) is 0.292. The van der Waals surface area contributed by atoms with Gasteiger partial charge in [-0.2, -0.15) is 0 Å². The van der Waals surface area contributed by atoms with Crippen molar-refractivity contribution in [2.75, 3.05) is 25.7 Å². The molecule has 0 radical (unpaired) electrons. The predicted octanol–water partition coefficient (Wildman–Crippen LogP) is 5.65. The number of hydrogen-bond acceptors (Lipinski definition) is 5. The number of benzene rings is 2. The van der Waals surface area contributed by atoms with Crippen LogP contribution in [0.2, 0.25) is 0 Å². The maximum Gasteiger partial charge on any atom is 0.121 e. The van der Waals surface area contributed by atoms with Crippen molar-refractivity contribution in [1.29, 1.82) is 0 Å². The van der Waals surface area contributed by atoms with E-state index >= 15 is 0 Å². The highest BCUT2D eigenvalue weighted by atomic mass is 32.2. The molecule has 1 aliphatic heterocycles. The normalized spacial score (nSPS) is 16.1. The van der Waals surface area contributed by atoms with E-state index in [2.05, 4.69) is 53.2 Å². The molecular formula is C24H26N2O2S. The molecule has 0 aliphatic carbocycles. The van der Waals surface area contributed by atoms with Gasteiger partial charge in [0.15, 0.2) is 0 Å². The van der Waals surface area contributed by atoms with Gasteiger partial charge in [-0.1, -0.05) is 18.2 Å². The highest BCUT2D eigenvalue weighted by Crippen LogP contribution is 2.47. The zero-order valence-electron chi connectivity index (χ0n) is 17.1. The van der Waals surface area contributed by atoms with Crippen LogP contribution >= 0.6 is 11.8 Å². The molecule has 0 bridgehead atoms. The molecule has 1 aliphatic rings. The Kier molecular flexibility index (Phi) is 5.95. The van der Waals surface area contributed by atoms with Crippen LogP contribution in [0.15, 0.2) is 65.8 Å². The summed E-state index contributed by atoms with van der Waals surface area (Å²) in [7, 11) is 3.45. The van der Waals surface area contributed by atoms with Gasteiger partial charge in [0.2, 0.25) is 0 Å². The van der Waals surface area contributed by atoms with Crippen LogP contribution in [-0.2, 0) is 6.54 Å². The zero-order valence-corrected chi connectivity index (χ0v) is 17.9. The molecule has 4 rings (SSSR count). The Balaban J connectivity index is 1.67. The Morgan fingerprint density at radius 3 is 2.72 bits per heavy atom. The minimum absolute atomic E-state index is 0.379. The molecule has 0 fully saturated rings. The predicted molar refractivity (Wildman–Crippen MR) is 119 cm³/mol. The Morgan fingerprint density at radius 1 is 1.10 bits per heavy atom. The van der Waals surface area contributed by atoms with E-state index in [9.17, 15) is 0 Å². The lowest BCUT2D eigenvalue weighted by atomic mass is 10.1. The van der Waals surface area contributed by atoms with E-state index < -0.39 is 0 Å². The van der Waals surface area contributed by atoms with Gasteiger partial charge < -0.3 is 14.4 Å². The lowest BCUT2D eigenvalue weighted by molar-refractivity contribution is 0.411. The highest BCUT2D eigenvalue weighted by molar-refractivity contribution is 7.99. The van der Waals surface area contributed by atoms with E-state index in [-0.39, 0.29) is 0 Å². The van der Waals surface area contributed by atoms with Crippen LogP contribution in [0.5, 0.6) is 11.5 Å². The number of aryl methyl sites for hydroxylation is 1. The number of thioether (sulfide) groups is 1. The fourth-order valence-electron chi connectivity index (χ4n) is 3.80. The van der Waals surface area contributed by atoms with E-state index in [0.717, 1.165) is 31.0 Å². The minimum Gasteiger partial charge on any atom is -0.497 e. The topological polar surface area (TPSA) is 34.6 Å². The van der Waals surface area contributed by atoms with Gasteiger partial charge >= 0.3 is 0 Å². The van der Waals surface area contributed by atoms with Gasteiger partial charge in [0.25, 0.3) is 0 Å². The van der Waals surface area contributed by atoms with Gasteiger partial charge in [0.1, 0.15) is 11.5 Å². The van der Waals surface area contributed by atoms with Crippen LogP contribution in [-0.4, -0.2) is 25.7 Å².